The first-order valence-corrected chi connectivity index (χ1v) is 10.6. The van der Waals surface area contributed by atoms with Crippen LogP contribution in [0.1, 0.15) is 17.1 Å². The van der Waals surface area contributed by atoms with Gasteiger partial charge in [-0.1, -0.05) is 42.5 Å². The van der Waals surface area contributed by atoms with Crippen LogP contribution in [-0.2, 0) is 4.79 Å². The minimum Gasteiger partial charge on any atom is -0.493 e. The number of para-hydroxylation sites is 2. The number of oxazole rings is 1. The Morgan fingerprint density at radius 3 is 2.45 bits per heavy atom. The van der Waals surface area contributed by atoms with Gasteiger partial charge in [0.1, 0.15) is 6.07 Å². The average Bonchev–Trinajstić information content (AvgIpc) is 3.30. The zero-order chi connectivity index (χ0) is 23.0. The lowest BCUT2D eigenvalue weighted by Crippen LogP contribution is -2.50. The number of aromatic nitrogens is 1. The minimum atomic E-state index is -0.106. The number of methoxy groups -OCH3 is 1. The Morgan fingerprint density at radius 1 is 1.06 bits per heavy atom. The highest BCUT2D eigenvalue weighted by Crippen LogP contribution is 2.26. The van der Waals surface area contributed by atoms with Gasteiger partial charge in [0.15, 0.2) is 18.1 Å². The van der Waals surface area contributed by atoms with Crippen molar-refractivity contribution in [2.24, 2.45) is 0 Å². The summed E-state index contributed by atoms with van der Waals surface area (Å²) in [6.45, 7) is 1.99. The summed E-state index contributed by atoms with van der Waals surface area (Å²) in [5, 5.41) is 9.49. The Kier molecular flexibility index (Phi) is 6.90. The van der Waals surface area contributed by atoms with E-state index in [1.807, 2.05) is 53.4 Å². The number of benzene rings is 2. The first-order chi connectivity index (χ1) is 16.2. The van der Waals surface area contributed by atoms with Gasteiger partial charge in [-0.15, -0.1) is 0 Å². The van der Waals surface area contributed by atoms with Gasteiger partial charge >= 0.3 is 0 Å². The molecule has 0 aliphatic carbocycles. The van der Waals surface area contributed by atoms with E-state index >= 15 is 0 Å². The number of rotatable bonds is 7. The number of hydrogen-bond acceptors (Lipinski definition) is 7. The molecular formula is C25H24N4O4. The van der Waals surface area contributed by atoms with E-state index in [2.05, 4.69) is 11.1 Å². The molecule has 8 nitrogen and oxygen atoms in total. The molecule has 0 bridgehead atoms. The lowest BCUT2D eigenvalue weighted by Gasteiger charge is -2.34. The fourth-order valence-electron chi connectivity index (χ4n) is 3.55. The second kappa shape index (κ2) is 10.4. The molecule has 1 amide bonds. The number of carbonyl (C=O) groups is 1. The molecule has 3 aromatic rings. The Morgan fingerprint density at radius 2 is 1.76 bits per heavy atom. The Balaban J connectivity index is 1.34. The van der Waals surface area contributed by atoms with Crippen molar-refractivity contribution in [1.82, 2.24) is 9.88 Å². The van der Waals surface area contributed by atoms with E-state index in [4.69, 9.17) is 13.9 Å². The molecule has 0 saturated carbocycles. The molecule has 0 unspecified atom stereocenters. The van der Waals surface area contributed by atoms with E-state index in [1.165, 1.54) is 0 Å². The largest absolute Gasteiger partial charge is 0.493 e. The fraction of sp³-hybridized carbons (Fsp3) is 0.240. The van der Waals surface area contributed by atoms with Crippen molar-refractivity contribution in [2.45, 2.75) is 0 Å². The van der Waals surface area contributed by atoms with Gasteiger partial charge in [-0.05, 0) is 23.8 Å². The van der Waals surface area contributed by atoms with Crippen LogP contribution in [0.3, 0.4) is 0 Å². The number of piperazine rings is 1. The maximum Gasteiger partial charge on any atom is 0.260 e. The molecule has 33 heavy (non-hydrogen) atoms. The number of hydrogen-bond donors (Lipinski definition) is 0. The molecule has 4 rings (SSSR count). The summed E-state index contributed by atoms with van der Waals surface area (Å²) in [7, 11) is 1.56. The van der Waals surface area contributed by atoms with Gasteiger partial charge in [-0.3, -0.25) is 4.79 Å². The van der Waals surface area contributed by atoms with E-state index < -0.39 is 0 Å². The van der Waals surface area contributed by atoms with Crippen molar-refractivity contribution < 1.29 is 18.7 Å². The summed E-state index contributed by atoms with van der Waals surface area (Å²) in [5.41, 5.74) is 1.25. The number of ether oxygens (including phenoxy) is 2. The standard InChI is InChI=1S/C25H24N4O4/c1-31-21-9-5-6-10-22(21)32-18-24(30)28-13-15-29(16-14-28)25-20(17-26)27-23(33-25)12-11-19-7-3-2-4-8-19/h2-12H,13-16,18H2,1H3/b12-11+. The topological polar surface area (TPSA) is 91.8 Å². The highest BCUT2D eigenvalue weighted by atomic mass is 16.5. The quantitative estimate of drug-likeness (QED) is 0.551. The van der Waals surface area contributed by atoms with E-state index in [0.29, 0.717) is 49.5 Å². The predicted molar refractivity (Wildman–Crippen MR) is 124 cm³/mol. The van der Waals surface area contributed by atoms with Crippen LogP contribution in [0.4, 0.5) is 5.88 Å². The molecule has 0 radical (unpaired) electrons. The van der Waals surface area contributed by atoms with Crippen LogP contribution in [0, 0.1) is 11.3 Å². The van der Waals surface area contributed by atoms with Crippen molar-refractivity contribution in [3.63, 3.8) is 0 Å². The van der Waals surface area contributed by atoms with Crippen LogP contribution in [0.25, 0.3) is 12.2 Å². The molecule has 1 aliphatic rings. The summed E-state index contributed by atoms with van der Waals surface area (Å²) in [4.78, 5) is 20.6. The third-order valence-corrected chi connectivity index (χ3v) is 5.29. The molecule has 2 heterocycles. The SMILES string of the molecule is COc1ccccc1OCC(=O)N1CCN(c2oc(/C=C/c3ccccc3)nc2C#N)CC1. The molecule has 1 aliphatic heterocycles. The smallest absolute Gasteiger partial charge is 0.260 e. The second-order valence-corrected chi connectivity index (χ2v) is 7.37. The fourth-order valence-corrected chi connectivity index (χ4v) is 3.55. The van der Waals surface area contributed by atoms with Crippen LogP contribution in [0.5, 0.6) is 11.5 Å². The lowest BCUT2D eigenvalue weighted by atomic mass is 10.2. The molecule has 1 saturated heterocycles. The molecule has 2 aromatic carbocycles. The van der Waals surface area contributed by atoms with Gasteiger partial charge in [0.25, 0.3) is 5.91 Å². The molecule has 0 atom stereocenters. The number of carbonyl (C=O) groups excluding carboxylic acids is 1. The summed E-state index contributed by atoms with van der Waals surface area (Å²) in [6, 6.07) is 19.1. The third-order valence-electron chi connectivity index (χ3n) is 5.29. The lowest BCUT2D eigenvalue weighted by molar-refractivity contribution is -0.133. The molecule has 1 fully saturated rings. The second-order valence-electron chi connectivity index (χ2n) is 7.37. The van der Waals surface area contributed by atoms with Gasteiger partial charge in [-0.25, -0.2) is 0 Å². The maximum absolute atomic E-state index is 12.6. The molecule has 168 valence electrons. The Bertz CT molecular complexity index is 1160. The Labute approximate surface area is 192 Å². The number of anilines is 1. The van der Waals surface area contributed by atoms with Crippen LogP contribution in [0.15, 0.2) is 59.0 Å². The van der Waals surface area contributed by atoms with Gasteiger partial charge in [-0.2, -0.15) is 10.2 Å². The van der Waals surface area contributed by atoms with Crippen molar-refractivity contribution in [2.75, 3.05) is 44.8 Å². The van der Waals surface area contributed by atoms with Gasteiger partial charge in [0.2, 0.25) is 17.5 Å². The van der Waals surface area contributed by atoms with E-state index in [1.54, 1.807) is 30.2 Å². The first kappa shape index (κ1) is 22.0. The van der Waals surface area contributed by atoms with Crippen LogP contribution in [-0.4, -0.2) is 55.7 Å². The molecule has 0 N–H and O–H groups in total. The van der Waals surface area contributed by atoms with Gasteiger partial charge in [0.05, 0.1) is 7.11 Å². The first-order valence-electron chi connectivity index (χ1n) is 10.6. The van der Waals surface area contributed by atoms with Crippen LogP contribution in [0.2, 0.25) is 0 Å². The van der Waals surface area contributed by atoms with Gasteiger partial charge < -0.3 is 23.7 Å². The number of amides is 1. The molecule has 8 heteroatoms. The summed E-state index contributed by atoms with van der Waals surface area (Å²) >= 11 is 0. The molecule has 1 aromatic heterocycles. The van der Waals surface area contributed by atoms with Crippen LogP contribution < -0.4 is 14.4 Å². The average molecular weight is 444 g/mol. The third kappa shape index (κ3) is 5.33. The maximum atomic E-state index is 12.6. The zero-order valence-electron chi connectivity index (χ0n) is 18.3. The Hall–Kier alpha value is -4.25. The summed E-state index contributed by atoms with van der Waals surface area (Å²) in [5.74, 6) is 1.81. The van der Waals surface area contributed by atoms with Gasteiger partial charge in [0, 0.05) is 32.3 Å². The van der Waals surface area contributed by atoms with E-state index in [9.17, 15) is 10.1 Å². The highest BCUT2D eigenvalue weighted by molar-refractivity contribution is 5.78. The monoisotopic (exact) mass is 444 g/mol. The summed E-state index contributed by atoms with van der Waals surface area (Å²) in [6.07, 6.45) is 3.63. The molecule has 0 spiro atoms. The number of nitriles is 1. The van der Waals surface area contributed by atoms with Crippen molar-refractivity contribution in [3.8, 4) is 17.6 Å². The highest BCUT2D eigenvalue weighted by Gasteiger charge is 2.26. The van der Waals surface area contributed by atoms with Crippen molar-refractivity contribution >= 4 is 23.9 Å². The van der Waals surface area contributed by atoms with Crippen molar-refractivity contribution in [3.05, 3.63) is 71.7 Å². The van der Waals surface area contributed by atoms with Crippen molar-refractivity contribution in [1.29, 1.82) is 5.26 Å². The zero-order valence-corrected chi connectivity index (χ0v) is 18.3. The van der Waals surface area contributed by atoms with E-state index in [0.717, 1.165) is 5.56 Å². The summed E-state index contributed by atoms with van der Waals surface area (Å²) < 4.78 is 16.8. The molecular weight excluding hydrogens is 420 g/mol. The minimum absolute atomic E-state index is 0.0689. The number of nitrogens with zero attached hydrogens (tertiary/aromatic N) is 4. The van der Waals surface area contributed by atoms with E-state index in [-0.39, 0.29) is 18.2 Å². The normalized spacial score (nSPS) is 13.7. The van der Waals surface area contributed by atoms with Crippen LogP contribution >= 0.6 is 0 Å². The predicted octanol–water partition coefficient (Wildman–Crippen LogP) is 3.45.